The molecule has 0 aliphatic heterocycles. The molecule has 0 N–H and O–H groups in total. The van der Waals surface area contributed by atoms with Crippen molar-refractivity contribution in [3.63, 3.8) is 0 Å². The van der Waals surface area contributed by atoms with E-state index < -0.39 is 0 Å². The van der Waals surface area contributed by atoms with Gasteiger partial charge in [-0.1, -0.05) is 91.0 Å². The fourth-order valence-corrected chi connectivity index (χ4v) is 8.91. The van der Waals surface area contributed by atoms with Crippen molar-refractivity contribution >= 4 is 109 Å². The molecule has 0 atom stereocenters. The van der Waals surface area contributed by atoms with Crippen LogP contribution in [-0.2, 0) is 0 Å². The van der Waals surface area contributed by atoms with Crippen LogP contribution in [0.1, 0.15) is 0 Å². The van der Waals surface area contributed by atoms with Crippen LogP contribution in [0.25, 0.3) is 127 Å². The van der Waals surface area contributed by atoms with Crippen LogP contribution in [0.4, 0.5) is 0 Å². The zero-order valence-electron chi connectivity index (χ0n) is 27.3. The van der Waals surface area contributed by atoms with Gasteiger partial charge in [0.25, 0.3) is 0 Å². The number of rotatable bonds is 2. The van der Waals surface area contributed by atoms with Gasteiger partial charge in [-0.05, 0) is 70.1 Å². The Balaban J connectivity index is 1.29. The molecule has 0 saturated heterocycles. The molecule has 8 aromatic carbocycles. The normalized spacial score (nSPS) is 12.6. The third-order valence-corrected chi connectivity index (χ3v) is 11.0. The molecule has 5 heterocycles. The first kappa shape index (κ1) is 26.7. The highest BCUT2D eigenvalue weighted by atomic mass is 16.3. The van der Waals surface area contributed by atoms with E-state index >= 15 is 0 Å². The van der Waals surface area contributed by atoms with Gasteiger partial charge in [-0.3, -0.25) is 4.57 Å². The zero-order chi connectivity index (χ0) is 33.7. The molecule has 0 spiro atoms. The topological polar surface area (TPSA) is 70.1 Å². The number of hydrogen-bond donors (Lipinski definition) is 0. The summed E-state index contributed by atoms with van der Waals surface area (Å²) in [4.78, 5) is 10.9. The summed E-state index contributed by atoms with van der Waals surface area (Å²) in [5.41, 5.74) is 9.01. The van der Waals surface area contributed by atoms with Crippen molar-refractivity contribution in [3.8, 4) is 17.1 Å². The Labute approximate surface area is 293 Å². The quantitative estimate of drug-likeness (QED) is 0.184. The maximum Gasteiger partial charge on any atom is 0.247 e. The predicted octanol–water partition coefficient (Wildman–Crippen LogP) is 12.7. The summed E-state index contributed by atoms with van der Waals surface area (Å²) in [5, 5.41) is 12.2. The Morgan fingerprint density at radius 1 is 0.365 bits per heavy atom. The fraction of sp³-hybridized carbons (Fsp3) is 0. The lowest BCUT2D eigenvalue weighted by Gasteiger charge is -2.13. The summed E-state index contributed by atoms with van der Waals surface area (Å²) in [7, 11) is 0. The van der Waals surface area contributed by atoms with Crippen LogP contribution < -0.4 is 0 Å². The third-order valence-electron chi connectivity index (χ3n) is 11.0. The van der Waals surface area contributed by atoms with Crippen molar-refractivity contribution in [2.75, 3.05) is 0 Å². The lowest BCUT2D eigenvalue weighted by molar-refractivity contribution is 0.653. The first-order valence-corrected chi connectivity index (χ1v) is 17.4. The summed E-state index contributed by atoms with van der Waals surface area (Å²) < 4.78 is 21.7. The number of benzene rings is 7. The zero-order valence-corrected chi connectivity index (χ0v) is 27.3. The molecule has 0 fully saturated rings. The van der Waals surface area contributed by atoms with Crippen molar-refractivity contribution in [3.05, 3.63) is 140 Å². The largest absolute Gasteiger partial charge is 0.456 e. The van der Waals surface area contributed by atoms with E-state index in [2.05, 4.69) is 95.6 Å². The van der Waals surface area contributed by atoms with Crippen LogP contribution in [0.3, 0.4) is 0 Å². The van der Waals surface area contributed by atoms with Gasteiger partial charge in [0.2, 0.25) is 5.71 Å². The Kier molecular flexibility index (Phi) is 4.78. The van der Waals surface area contributed by atoms with E-state index in [1.54, 1.807) is 0 Å². The van der Waals surface area contributed by atoms with Crippen molar-refractivity contribution in [1.29, 1.82) is 0 Å². The molecule has 240 valence electrons. The van der Waals surface area contributed by atoms with E-state index in [0.29, 0.717) is 17.2 Å². The molecule has 0 radical (unpaired) electrons. The summed E-state index contributed by atoms with van der Waals surface area (Å²) in [5.74, 6) is 0.717. The molecular formula is C46H23N3O3. The molecule has 0 aliphatic rings. The molecule has 0 amide bonds. The molecule has 13 aromatic rings. The number of fused-ring (bicyclic) bond motifs is 9. The molecular weight excluding hydrogens is 643 g/mol. The lowest BCUT2D eigenvalue weighted by atomic mass is 9.95. The molecule has 6 nitrogen and oxygen atoms in total. The second-order valence-corrected chi connectivity index (χ2v) is 13.6. The van der Waals surface area contributed by atoms with Crippen LogP contribution in [0.5, 0.6) is 0 Å². The number of nitrogens with zero attached hydrogens (tertiary/aromatic N) is 3. The minimum absolute atomic E-state index is 0.492. The van der Waals surface area contributed by atoms with E-state index in [1.807, 2.05) is 48.5 Å². The van der Waals surface area contributed by atoms with Gasteiger partial charge in [-0.25, -0.2) is 9.97 Å². The van der Waals surface area contributed by atoms with Crippen LogP contribution in [0, 0.1) is 0 Å². The van der Waals surface area contributed by atoms with Gasteiger partial charge in [0.05, 0.1) is 11.0 Å². The smallest absolute Gasteiger partial charge is 0.247 e. The second-order valence-electron chi connectivity index (χ2n) is 13.6. The molecule has 13 rings (SSSR count). The van der Waals surface area contributed by atoms with Crippen LogP contribution >= 0.6 is 0 Å². The van der Waals surface area contributed by atoms with E-state index in [9.17, 15) is 0 Å². The average molecular weight is 666 g/mol. The third kappa shape index (κ3) is 3.21. The molecule has 0 aliphatic carbocycles. The first-order chi connectivity index (χ1) is 25.8. The van der Waals surface area contributed by atoms with E-state index in [4.69, 9.17) is 23.2 Å². The molecule has 52 heavy (non-hydrogen) atoms. The molecule has 5 aromatic heterocycles. The van der Waals surface area contributed by atoms with Crippen molar-refractivity contribution in [2.45, 2.75) is 0 Å². The summed E-state index contributed by atoms with van der Waals surface area (Å²) in [6.07, 6.45) is 0. The highest BCUT2D eigenvalue weighted by Gasteiger charge is 2.27. The second kappa shape index (κ2) is 9.33. The Morgan fingerprint density at radius 2 is 0.942 bits per heavy atom. The molecule has 0 saturated carbocycles. The average Bonchev–Trinajstić information content (AvgIpc) is 3.95. The maximum absolute atomic E-state index is 6.61. The van der Waals surface area contributed by atoms with E-state index in [0.717, 1.165) is 87.7 Å². The van der Waals surface area contributed by atoms with E-state index in [1.165, 1.54) is 21.5 Å². The van der Waals surface area contributed by atoms with Crippen LogP contribution in [-0.4, -0.2) is 14.5 Å². The van der Waals surface area contributed by atoms with Gasteiger partial charge in [0.1, 0.15) is 39.1 Å². The van der Waals surface area contributed by atoms with Gasteiger partial charge in [-0.2, -0.15) is 0 Å². The number of hydrogen-bond acceptors (Lipinski definition) is 5. The maximum atomic E-state index is 6.61. The van der Waals surface area contributed by atoms with Gasteiger partial charge < -0.3 is 13.3 Å². The van der Waals surface area contributed by atoms with E-state index in [-0.39, 0.29) is 0 Å². The van der Waals surface area contributed by atoms with Crippen molar-refractivity contribution in [2.24, 2.45) is 0 Å². The Morgan fingerprint density at radius 3 is 1.77 bits per heavy atom. The SMILES string of the molecule is c1ccc2c(c1)oc1nc(-c3cccc4oc5ccccc5c34)c(-n3c4cccc5c6ccccc6c6cccc7oc8ccc3c(c8c76)c54)nc12. The summed E-state index contributed by atoms with van der Waals surface area (Å²) in [6.45, 7) is 0. The minimum Gasteiger partial charge on any atom is -0.456 e. The highest BCUT2D eigenvalue weighted by molar-refractivity contribution is 6.38. The van der Waals surface area contributed by atoms with Crippen LogP contribution in [0.15, 0.2) is 153 Å². The standard InChI is InChI=1S/C46H23N3O3/c1-2-11-25-24(10-1)26-14-7-17-31-39(26)41-32(22-23-37-42(41)40-27(25)15-8-21-36(40)51-37)49(31)45-43(48-46-44(47-45)29-13-4-6-19-34(29)52-46)30-16-9-20-35-38(30)28-12-3-5-18-33(28)50-35/h1-23H. The molecule has 6 heteroatoms. The lowest BCUT2D eigenvalue weighted by Crippen LogP contribution is -2.03. The summed E-state index contributed by atoms with van der Waals surface area (Å²) >= 11 is 0. The Hall–Kier alpha value is -7.18. The first-order valence-electron chi connectivity index (χ1n) is 17.4. The van der Waals surface area contributed by atoms with Gasteiger partial charge in [-0.15, -0.1) is 0 Å². The van der Waals surface area contributed by atoms with Gasteiger partial charge in [0.15, 0.2) is 5.82 Å². The minimum atomic E-state index is 0.492. The number of aromatic nitrogens is 3. The molecule has 0 bridgehead atoms. The number of furan rings is 3. The Bertz CT molecular complexity index is 3650. The molecule has 0 unspecified atom stereocenters. The summed E-state index contributed by atoms with van der Waals surface area (Å²) in [6, 6.07) is 48.3. The van der Waals surface area contributed by atoms with Crippen LogP contribution in [0.2, 0.25) is 0 Å². The van der Waals surface area contributed by atoms with Crippen molar-refractivity contribution in [1.82, 2.24) is 14.5 Å². The monoisotopic (exact) mass is 665 g/mol. The number of para-hydroxylation sites is 2. The van der Waals surface area contributed by atoms with Crippen molar-refractivity contribution < 1.29 is 13.3 Å². The fourth-order valence-electron chi connectivity index (χ4n) is 8.91. The van der Waals surface area contributed by atoms with Gasteiger partial charge in [0, 0.05) is 43.3 Å². The highest BCUT2D eigenvalue weighted by Crippen LogP contribution is 2.48. The van der Waals surface area contributed by atoms with Gasteiger partial charge >= 0.3 is 0 Å². The predicted molar refractivity (Wildman–Crippen MR) is 210 cm³/mol.